The summed E-state index contributed by atoms with van der Waals surface area (Å²) in [6, 6.07) is 0. The highest BCUT2D eigenvalue weighted by Crippen LogP contribution is 2.30. The average molecular weight is 224 g/mol. The molecule has 3 N–H and O–H groups in total. The van der Waals surface area contributed by atoms with Crippen molar-refractivity contribution in [2.75, 3.05) is 19.8 Å². The fourth-order valence-corrected chi connectivity index (χ4v) is 1.74. The van der Waals surface area contributed by atoms with Gasteiger partial charge in [0, 0.05) is 19.8 Å². The Bertz CT molecular complexity index is 299. The van der Waals surface area contributed by atoms with Gasteiger partial charge in [-0.2, -0.15) is 0 Å². The molecule has 1 amide bonds. The van der Waals surface area contributed by atoms with Crippen molar-refractivity contribution in [3.63, 3.8) is 0 Å². The monoisotopic (exact) mass is 224 g/mol. The van der Waals surface area contributed by atoms with Gasteiger partial charge in [-0.1, -0.05) is 5.92 Å². The van der Waals surface area contributed by atoms with Crippen LogP contribution in [-0.4, -0.2) is 31.2 Å². The van der Waals surface area contributed by atoms with Crippen LogP contribution < -0.4 is 11.1 Å². The molecule has 16 heavy (non-hydrogen) atoms. The summed E-state index contributed by atoms with van der Waals surface area (Å²) < 4.78 is 5.26. The minimum atomic E-state index is -0.627. The van der Waals surface area contributed by atoms with Gasteiger partial charge in [-0.3, -0.25) is 4.79 Å². The smallest absolute Gasteiger partial charge is 0.228 e. The van der Waals surface area contributed by atoms with Gasteiger partial charge < -0.3 is 15.8 Å². The van der Waals surface area contributed by atoms with Crippen LogP contribution >= 0.6 is 0 Å². The lowest BCUT2D eigenvalue weighted by Gasteiger charge is -2.36. The third-order valence-corrected chi connectivity index (χ3v) is 3.11. The number of hydrogen-bond donors (Lipinski definition) is 2. The van der Waals surface area contributed by atoms with Crippen molar-refractivity contribution in [3.05, 3.63) is 0 Å². The summed E-state index contributed by atoms with van der Waals surface area (Å²) in [4.78, 5) is 12.2. The Kier molecular flexibility index (Phi) is 3.95. The summed E-state index contributed by atoms with van der Waals surface area (Å²) in [5, 5.41) is 2.86. The molecule has 0 aromatic heterocycles. The maximum Gasteiger partial charge on any atom is 0.228 e. The van der Waals surface area contributed by atoms with E-state index in [0.717, 1.165) is 0 Å². The van der Waals surface area contributed by atoms with Crippen LogP contribution in [0.25, 0.3) is 0 Å². The molecular weight excluding hydrogens is 204 g/mol. The zero-order valence-corrected chi connectivity index (χ0v) is 10.0. The van der Waals surface area contributed by atoms with Crippen LogP contribution in [0.15, 0.2) is 0 Å². The van der Waals surface area contributed by atoms with E-state index in [1.165, 1.54) is 0 Å². The topological polar surface area (TPSA) is 64.4 Å². The molecule has 4 nitrogen and oxygen atoms in total. The summed E-state index contributed by atoms with van der Waals surface area (Å²) >= 11 is 0. The molecule has 1 heterocycles. The third kappa shape index (κ3) is 2.75. The second-order valence-electron chi connectivity index (χ2n) is 4.82. The first-order valence-electron chi connectivity index (χ1n) is 5.54. The lowest BCUT2D eigenvalue weighted by Crippen LogP contribution is -2.54. The number of nitrogens with one attached hydrogen (secondary N) is 1. The van der Waals surface area contributed by atoms with Gasteiger partial charge in [-0.15, -0.1) is 6.42 Å². The molecule has 0 radical (unpaired) electrons. The van der Waals surface area contributed by atoms with Gasteiger partial charge >= 0.3 is 0 Å². The molecule has 4 heteroatoms. The van der Waals surface area contributed by atoms with E-state index >= 15 is 0 Å². The van der Waals surface area contributed by atoms with Crippen LogP contribution in [0.4, 0.5) is 0 Å². The fraction of sp³-hybridized carbons (Fsp3) is 0.750. The molecule has 0 unspecified atom stereocenters. The van der Waals surface area contributed by atoms with E-state index in [0.29, 0.717) is 32.6 Å². The molecule has 0 spiro atoms. The van der Waals surface area contributed by atoms with Crippen molar-refractivity contribution in [1.82, 2.24) is 5.32 Å². The number of carbonyl (C=O) groups excluding carboxylic acids is 1. The highest BCUT2D eigenvalue weighted by atomic mass is 16.5. The first-order chi connectivity index (χ1) is 7.46. The van der Waals surface area contributed by atoms with Gasteiger partial charge in [-0.05, 0) is 26.7 Å². The lowest BCUT2D eigenvalue weighted by atomic mass is 9.79. The van der Waals surface area contributed by atoms with E-state index in [1.807, 2.05) is 0 Å². The Morgan fingerprint density at radius 3 is 2.56 bits per heavy atom. The largest absolute Gasteiger partial charge is 0.381 e. The summed E-state index contributed by atoms with van der Waals surface area (Å²) in [6.07, 6.45) is 6.67. The summed E-state index contributed by atoms with van der Waals surface area (Å²) in [6.45, 7) is 5.11. The van der Waals surface area contributed by atoms with Gasteiger partial charge in [0.15, 0.2) is 0 Å². The number of rotatable bonds is 3. The van der Waals surface area contributed by atoms with Crippen molar-refractivity contribution in [2.24, 2.45) is 11.1 Å². The minimum Gasteiger partial charge on any atom is -0.381 e. The van der Waals surface area contributed by atoms with E-state index in [1.54, 1.807) is 13.8 Å². The van der Waals surface area contributed by atoms with Gasteiger partial charge in [0.2, 0.25) is 5.91 Å². The van der Waals surface area contributed by atoms with E-state index in [-0.39, 0.29) is 5.91 Å². The first kappa shape index (κ1) is 13.0. The second-order valence-corrected chi connectivity index (χ2v) is 4.82. The molecule has 0 aromatic carbocycles. The zero-order valence-electron chi connectivity index (χ0n) is 10.0. The van der Waals surface area contributed by atoms with Crippen molar-refractivity contribution in [1.29, 1.82) is 0 Å². The molecule has 0 aliphatic carbocycles. The zero-order chi connectivity index (χ0) is 12.2. The summed E-state index contributed by atoms with van der Waals surface area (Å²) in [5.41, 5.74) is 4.60. The Morgan fingerprint density at radius 1 is 1.56 bits per heavy atom. The molecule has 0 bridgehead atoms. The van der Waals surface area contributed by atoms with Gasteiger partial charge in [0.05, 0.1) is 11.0 Å². The molecule has 1 aliphatic rings. The maximum absolute atomic E-state index is 12.2. The Hall–Kier alpha value is -1.05. The van der Waals surface area contributed by atoms with E-state index in [9.17, 15) is 4.79 Å². The molecule has 90 valence electrons. The Labute approximate surface area is 96.9 Å². The van der Waals surface area contributed by atoms with Crippen molar-refractivity contribution >= 4 is 5.91 Å². The highest BCUT2D eigenvalue weighted by Gasteiger charge is 2.40. The summed E-state index contributed by atoms with van der Waals surface area (Å²) in [5.74, 6) is 2.49. The molecule has 0 aromatic rings. The Morgan fingerprint density at radius 2 is 2.12 bits per heavy atom. The predicted octanol–water partition coefficient (Wildman–Crippen LogP) is 0.270. The number of carbonyl (C=O) groups is 1. The van der Waals surface area contributed by atoms with Crippen molar-refractivity contribution < 1.29 is 9.53 Å². The number of nitrogens with two attached hydrogens (primary N) is 1. The summed E-state index contributed by atoms with van der Waals surface area (Å²) in [7, 11) is 0. The molecule has 1 fully saturated rings. The van der Waals surface area contributed by atoms with Crippen LogP contribution in [0.5, 0.6) is 0 Å². The van der Waals surface area contributed by atoms with E-state index in [2.05, 4.69) is 11.2 Å². The molecule has 0 atom stereocenters. The van der Waals surface area contributed by atoms with Crippen LogP contribution in [0.3, 0.4) is 0 Å². The van der Waals surface area contributed by atoms with E-state index < -0.39 is 11.0 Å². The normalized spacial score (nSPS) is 19.9. The SMILES string of the molecule is C#CC(C)(C)NC(=O)C1(CN)CCOCC1. The minimum absolute atomic E-state index is 0.0544. The van der Waals surface area contributed by atoms with Gasteiger partial charge in [-0.25, -0.2) is 0 Å². The third-order valence-electron chi connectivity index (χ3n) is 3.11. The number of terminal acetylenes is 1. The molecular formula is C12H20N2O2. The maximum atomic E-state index is 12.2. The van der Waals surface area contributed by atoms with Crippen molar-refractivity contribution in [2.45, 2.75) is 32.2 Å². The van der Waals surface area contributed by atoms with Crippen LogP contribution in [0.2, 0.25) is 0 Å². The number of amides is 1. The predicted molar refractivity (Wildman–Crippen MR) is 62.6 cm³/mol. The van der Waals surface area contributed by atoms with Crippen LogP contribution in [-0.2, 0) is 9.53 Å². The second kappa shape index (κ2) is 4.86. The number of hydrogen-bond acceptors (Lipinski definition) is 3. The molecule has 1 rings (SSSR count). The fourth-order valence-electron chi connectivity index (χ4n) is 1.74. The molecule has 0 saturated carbocycles. The lowest BCUT2D eigenvalue weighted by molar-refractivity contribution is -0.137. The first-order valence-corrected chi connectivity index (χ1v) is 5.54. The number of ether oxygens (including phenoxy) is 1. The quantitative estimate of drug-likeness (QED) is 0.676. The van der Waals surface area contributed by atoms with Crippen LogP contribution in [0.1, 0.15) is 26.7 Å². The highest BCUT2D eigenvalue weighted by molar-refractivity contribution is 5.84. The van der Waals surface area contributed by atoms with Crippen molar-refractivity contribution in [3.8, 4) is 12.3 Å². The van der Waals surface area contributed by atoms with Crippen LogP contribution in [0, 0.1) is 17.8 Å². The van der Waals surface area contributed by atoms with Gasteiger partial charge in [0.1, 0.15) is 0 Å². The molecule has 1 saturated heterocycles. The average Bonchev–Trinajstić information content (AvgIpc) is 2.29. The molecule has 1 aliphatic heterocycles. The standard InChI is InChI=1S/C12H20N2O2/c1-4-11(2,3)14-10(15)12(9-13)5-7-16-8-6-12/h1H,5-9,13H2,2-3H3,(H,14,15). The van der Waals surface area contributed by atoms with Gasteiger partial charge in [0.25, 0.3) is 0 Å². The van der Waals surface area contributed by atoms with E-state index in [4.69, 9.17) is 16.9 Å². The Balaban J connectivity index is 2.74.